The number of rotatable bonds is 6. The van der Waals surface area contributed by atoms with Crippen LogP contribution in [0.2, 0.25) is 5.02 Å². The topological polar surface area (TPSA) is 68.5 Å². The standard InChI is InChI=1S/C21H18ClNO4/c1-14(19-12-16-4-2-3-5-18(16)27-19)23-20(24)13-26-21(25)11-8-15-6-9-17(22)10-7-15/h2-12,14H,13H2,1H3,(H,23,24)/b11-8+/t14-/m1/s1. The molecule has 0 aliphatic rings. The van der Waals surface area contributed by atoms with Crippen molar-refractivity contribution in [2.24, 2.45) is 0 Å². The summed E-state index contributed by atoms with van der Waals surface area (Å²) in [6.45, 7) is 1.44. The van der Waals surface area contributed by atoms with E-state index >= 15 is 0 Å². The smallest absolute Gasteiger partial charge is 0.331 e. The molecule has 2 aromatic carbocycles. The van der Waals surface area contributed by atoms with Crippen LogP contribution in [0.15, 0.2) is 65.1 Å². The predicted octanol–water partition coefficient (Wildman–Crippen LogP) is 4.52. The SMILES string of the molecule is C[C@@H](NC(=O)COC(=O)/C=C/c1ccc(Cl)cc1)c1cc2ccccc2o1. The average Bonchev–Trinajstić information content (AvgIpc) is 3.10. The van der Waals surface area contributed by atoms with Crippen LogP contribution in [0.5, 0.6) is 0 Å². The molecule has 1 heterocycles. The summed E-state index contributed by atoms with van der Waals surface area (Å²) in [5.41, 5.74) is 1.56. The van der Waals surface area contributed by atoms with Crippen molar-refractivity contribution >= 4 is 40.5 Å². The molecule has 1 N–H and O–H groups in total. The third-order valence-electron chi connectivity index (χ3n) is 3.88. The normalized spacial score (nSPS) is 12.2. The molecule has 0 saturated carbocycles. The van der Waals surface area contributed by atoms with Gasteiger partial charge in [-0.25, -0.2) is 4.79 Å². The summed E-state index contributed by atoms with van der Waals surface area (Å²) < 4.78 is 10.7. The number of esters is 1. The minimum Gasteiger partial charge on any atom is -0.459 e. The van der Waals surface area contributed by atoms with E-state index in [1.54, 1.807) is 37.3 Å². The van der Waals surface area contributed by atoms with E-state index in [-0.39, 0.29) is 12.6 Å². The van der Waals surface area contributed by atoms with E-state index in [0.717, 1.165) is 16.5 Å². The van der Waals surface area contributed by atoms with Crippen LogP contribution in [0, 0.1) is 0 Å². The second-order valence-electron chi connectivity index (χ2n) is 5.97. The third kappa shape index (κ3) is 5.21. The summed E-state index contributed by atoms with van der Waals surface area (Å²) in [6.07, 6.45) is 2.85. The van der Waals surface area contributed by atoms with Gasteiger partial charge in [-0.2, -0.15) is 0 Å². The second kappa shape index (κ2) is 8.56. The zero-order chi connectivity index (χ0) is 19.2. The molecule has 1 amide bonds. The van der Waals surface area contributed by atoms with E-state index in [2.05, 4.69) is 5.32 Å². The van der Waals surface area contributed by atoms with Crippen molar-refractivity contribution in [2.75, 3.05) is 6.61 Å². The molecular formula is C21H18ClNO4. The second-order valence-corrected chi connectivity index (χ2v) is 6.40. The van der Waals surface area contributed by atoms with Crippen LogP contribution >= 0.6 is 11.6 Å². The van der Waals surface area contributed by atoms with E-state index < -0.39 is 11.9 Å². The Morgan fingerprint density at radius 3 is 2.67 bits per heavy atom. The van der Waals surface area contributed by atoms with E-state index in [4.69, 9.17) is 20.8 Å². The van der Waals surface area contributed by atoms with Gasteiger partial charge in [0.25, 0.3) is 5.91 Å². The lowest BCUT2D eigenvalue weighted by molar-refractivity contribution is -0.144. The number of carbonyl (C=O) groups excluding carboxylic acids is 2. The number of halogens is 1. The number of hydrogen-bond acceptors (Lipinski definition) is 4. The van der Waals surface area contributed by atoms with Crippen molar-refractivity contribution in [2.45, 2.75) is 13.0 Å². The zero-order valence-electron chi connectivity index (χ0n) is 14.6. The number of furan rings is 1. The van der Waals surface area contributed by atoms with Crippen molar-refractivity contribution in [3.63, 3.8) is 0 Å². The molecule has 0 aliphatic heterocycles. The Labute approximate surface area is 161 Å². The highest BCUT2D eigenvalue weighted by molar-refractivity contribution is 6.30. The van der Waals surface area contributed by atoms with Gasteiger partial charge >= 0.3 is 5.97 Å². The minimum atomic E-state index is -0.600. The molecule has 3 rings (SSSR count). The molecule has 1 aromatic heterocycles. The minimum absolute atomic E-state index is 0.340. The molecule has 0 bridgehead atoms. The number of ether oxygens (including phenoxy) is 1. The van der Waals surface area contributed by atoms with Crippen LogP contribution in [0.4, 0.5) is 0 Å². The molecule has 3 aromatic rings. The number of benzene rings is 2. The Morgan fingerprint density at radius 2 is 1.93 bits per heavy atom. The maximum absolute atomic E-state index is 12.0. The molecule has 0 spiro atoms. The first-order valence-corrected chi connectivity index (χ1v) is 8.77. The van der Waals surface area contributed by atoms with Crippen LogP contribution in [0.25, 0.3) is 17.0 Å². The highest BCUT2D eigenvalue weighted by Crippen LogP contribution is 2.23. The van der Waals surface area contributed by atoms with Gasteiger partial charge in [0.05, 0.1) is 6.04 Å². The van der Waals surface area contributed by atoms with Crippen LogP contribution < -0.4 is 5.32 Å². The maximum Gasteiger partial charge on any atom is 0.331 e. The lowest BCUT2D eigenvalue weighted by Crippen LogP contribution is -2.30. The number of fused-ring (bicyclic) bond motifs is 1. The Hall–Kier alpha value is -3.05. The first kappa shape index (κ1) is 18.7. The number of hydrogen-bond donors (Lipinski definition) is 1. The van der Waals surface area contributed by atoms with Gasteiger partial charge in [0, 0.05) is 16.5 Å². The number of carbonyl (C=O) groups is 2. The van der Waals surface area contributed by atoms with Crippen molar-refractivity contribution < 1.29 is 18.7 Å². The van der Waals surface area contributed by atoms with Crippen molar-refractivity contribution in [1.29, 1.82) is 0 Å². The monoisotopic (exact) mass is 383 g/mol. The number of nitrogens with one attached hydrogen (secondary N) is 1. The molecule has 0 aliphatic carbocycles. The predicted molar refractivity (Wildman–Crippen MR) is 104 cm³/mol. The fourth-order valence-electron chi connectivity index (χ4n) is 2.49. The molecule has 6 heteroatoms. The van der Waals surface area contributed by atoms with Crippen molar-refractivity contribution in [3.05, 3.63) is 77.0 Å². The number of amides is 1. The molecule has 0 radical (unpaired) electrons. The Kier molecular flexibility index (Phi) is 5.94. The average molecular weight is 384 g/mol. The fraction of sp³-hybridized carbons (Fsp3) is 0.143. The summed E-state index contributed by atoms with van der Waals surface area (Å²) in [5, 5.41) is 4.32. The largest absolute Gasteiger partial charge is 0.459 e. The Morgan fingerprint density at radius 1 is 1.19 bits per heavy atom. The van der Waals surface area contributed by atoms with Crippen molar-refractivity contribution in [3.8, 4) is 0 Å². The summed E-state index contributed by atoms with van der Waals surface area (Å²) in [7, 11) is 0. The first-order valence-electron chi connectivity index (χ1n) is 8.39. The van der Waals surface area contributed by atoms with Crippen LogP contribution in [0.3, 0.4) is 0 Å². The summed E-state index contributed by atoms with van der Waals surface area (Å²) >= 11 is 5.80. The highest BCUT2D eigenvalue weighted by atomic mass is 35.5. The van der Waals surface area contributed by atoms with Gasteiger partial charge in [-0.3, -0.25) is 4.79 Å². The lowest BCUT2D eigenvalue weighted by Gasteiger charge is -2.11. The van der Waals surface area contributed by atoms with Crippen LogP contribution in [-0.2, 0) is 14.3 Å². The highest BCUT2D eigenvalue weighted by Gasteiger charge is 2.15. The molecule has 0 saturated heterocycles. The molecule has 1 atom stereocenters. The summed E-state index contributed by atoms with van der Waals surface area (Å²) in [5.74, 6) is -0.369. The first-order chi connectivity index (χ1) is 13.0. The maximum atomic E-state index is 12.0. The van der Waals surface area contributed by atoms with Gasteiger partial charge in [0.1, 0.15) is 11.3 Å². The van der Waals surface area contributed by atoms with E-state index in [0.29, 0.717) is 10.8 Å². The summed E-state index contributed by atoms with van der Waals surface area (Å²) in [4.78, 5) is 23.7. The zero-order valence-corrected chi connectivity index (χ0v) is 15.4. The molecule has 5 nitrogen and oxygen atoms in total. The van der Waals surface area contributed by atoms with Crippen LogP contribution in [-0.4, -0.2) is 18.5 Å². The Balaban J connectivity index is 1.48. The van der Waals surface area contributed by atoms with Crippen molar-refractivity contribution in [1.82, 2.24) is 5.32 Å². The van der Waals surface area contributed by atoms with Crippen LogP contribution in [0.1, 0.15) is 24.3 Å². The quantitative estimate of drug-likeness (QED) is 0.502. The molecule has 0 unspecified atom stereocenters. The fourth-order valence-corrected chi connectivity index (χ4v) is 2.62. The van der Waals surface area contributed by atoms with E-state index in [1.807, 2.05) is 30.3 Å². The molecule has 138 valence electrons. The lowest BCUT2D eigenvalue weighted by atomic mass is 10.2. The van der Waals surface area contributed by atoms with Gasteiger partial charge in [0.15, 0.2) is 6.61 Å². The molecule has 0 fully saturated rings. The van der Waals surface area contributed by atoms with Gasteiger partial charge in [-0.15, -0.1) is 0 Å². The van der Waals surface area contributed by atoms with Gasteiger partial charge in [0.2, 0.25) is 0 Å². The Bertz CT molecular complexity index is 942. The van der Waals surface area contributed by atoms with Gasteiger partial charge < -0.3 is 14.5 Å². The molecular weight excluding hydrogens is 366 g/mol. The van der Waals surface area contributed by atoms with Gasteiger partial charge in [-0.05, 0) is 42.8 Å². The van der Waals surface area contributed by atoms with E-state index in [1.165, 1.54) is 6.08 Å². The van der Waals surface area contributed by atoms with Gasteiger partial charge in [-0.1, -0.05) is 41.9 Å². The van der Waals surface area contributed by atoms with E-state index in [9.17, 15) is 9.59 Å². The molecule has 27 heavy (non-hydrogen) atoms. The summed E-state index contributed by atoms with van der Waals surface area (Å²) in [6, 6.07) is 16.1. The number of para-hydroxylation sites is 1. The third-order valence-corrected chi connectivity index (χ3v) is 4.13.